The third-order valence-corrected chi connectivity index (χ3v) is 4.99. The fourth-order valence-corrected chi connectivity index (χ4v) is 3.10. The molecule has 1 saturated heterocycles. The maximum absolute atomic E-state index is 12.1. The summed E-state index contributed by atoms with van der Waals surface area (Å²) in [6.07, 6.45) is 1.82. The van der Waals surface area contributed by atoms with Crippen molar-refractivity contribution in [2.75, 3.05) is 52.3 Å². The number of likely N-dealkylation sites (N-methyl/N-ethyl adjacent to an activating group) is 1. The molecule has 0 aromatic heterocycles. The zero-order valence-electron chi connectivity index (χ0n) is 16.7. The Kier molecular flexibility index (Phi) is 7.32. The summed E-state index contributed by atoms with van der Waals surface area (Å²) in [6.45, 7) is 3.91. The highest BCUT2D eigenvalue weighted by molar-refractivity contribution is 6.33. The van der Waals surface area contributed by atoms with E-state index in [-0.39, 0.29) is 12.5 Å². The van der Waals surface area contributed by atoms with Gasteiger partial charge in [0.15, 0.2) is 18.1 Å². The summed E-state index contributed by atoms with van der Waals surface area (Å²) in [6, 6.07) is 12.5. The van der Waals surface area contributed by atoms with Crippen molar-refractivity contribution in [3.05, 3.63) is 53.1 Å². The monoisotopic (exact) mass is 417 g/mol. The molecule has 0 spiro atoms. The number of carbonyl (C=O) groups excluding carboxylic acids is 1. The number of ether oxygens (including phenoxy) is 2. The van der Waals surface area contributed by atoms with Crippen LogP contribution in [0.3, 0.4) is 0 Å². The highest BCUT2D eigenvalue weighted by Crippen LogP contribution is 2.28. The van der Waals surface area contributed by atoms with Gasteiger partial charge in [0, 0.05) is 0 Å². The van der Waals surface area contributed by atoms with E-state index < -0.39 is 0 Å². The Labute approximate surface area is 175 Å². The first-order chi connectivity index (χ1) is 14.0. The summed E-state index contributed by atoms with van der Waals surface area (Å²) in [5.74, 6) is 0.729. The van der Waals surface area contributed by atoms with E-state index in [2.05, 4.69) is 22.5 Å². The molecule has 29 heavy (non-hydrogen) atoms. The van der Waals surface area contributed by atoms with E-state index in [1.807, 2.05) is 18.3 Å². The van der Waals surface area contributed by atoms with Crippen molar-refractivity contribution >= 4 is 29.4 Å². The van der Waals surface area contributed by atoms with Gasteiger partial charge in [-0.15, -0.1) is 0 Å². The second-order valence-corrected chi connectivity index (χ2v) is 7.29. The summed E-state index contributed by atoms with van der Waals surface area (Å²) in [5.41, 5.74) is 1.45. The molecule has 1 aliphatic heterocycles. The summed E-state index contributed by atoms with van der Waals surface area (Å²) < 4.78 is 11.0. The smallest absolute Gasteiger partial charge is 0.262 e. The van der Waals surface area contributed by atoms with Crippen LogP contribution >= 0.6 is 11.6 Å². The Hall–Kier alpha value is -2.77. The molecular formula is C21H26ClN4O3+. The molecule has 2 N–H and O–H groups in total. The number of hydrazone groups is 1. The molecule has 3 rings (SSSR count). The number of anilines is 1. The first kappa shape index (κ1) is 21.0. The number of rotatable bonds is 7. The molecule has 0 atom stereocenters. The molecule has 8 heteroatoms. The zero-order chi connectivity index (χ0) is 20.6. The van der Waals surface area contributed by atoms with E-state index in [1.165, 1.54) is 4.90 Å². The minimum atomic E-state index is -0.303. The standard InChI is InChI=1S/C21H25ClN4O3/c1-25-9-11-26(12-10-25)23-14-16-7-8-19(20(13-16)28-2)29-15-21(27)24-18-6-4-3-5-17(18)22/h3-8,13-14H,9-12,15H2,1-2H3,(H,24,27)/p+1/b23-14-. The number of nitrogens with zero attached hydrogens (tertiary/aromatic N) is 2. The van der Waals surface area contributed by atoms with E-state index in [1.54, 1.807) is 37.4 Å². The Morgan fingerprint density at radius 3 is 2.72 bits per heavy atom. The molecule has 0 aliphatic carbocycles. The van der Waals surface area contributed by atoms with Gasteiger partial charge in [0.05, 0.1) is 57.3 Å². The van der Waals surface area contributed by atoms with Crippen LogP contribution in [0, 0.1) is 0 Å². The van der Waals surface area contributed by atoms with Gasteiger partial charge in [-0.05, 0) is 35.9 Å². The summed E-state index contributed by atoms with van der Waals surface area (Å²) in [5, 5.41) is 9.82. The van der Waals surface area contributed by atoms with Gasteiger partial charge in [0.25, 0.3) is 5.91 Å². The molecule has 2 aromatic rings. The number of halogens is 1. The lowest BCUT2D eigenvalue weighted by Crippen LogP contribution is -3.11. The fraction of sp³-hybridized carbons (Fsp3) is 0.333. The van der Waals surface area contributed by atoms with Gasteiger partial charge in [0.2, 0.25) is 0 Å². The summed E-state index contributed by atoms with van der Waals surface area (Å²) in [7, 11) is 3.76. The Morgan fingerprint density at radius 1 is 1.24 bits per heavy atom. The first-order valence-corrected chi connectivity index (χ1v) is 9.88. The maximum atomic E-state index is 12.1. The van der Waals surface area contributed by atoms with E-state index in [0.717, 1.165) is 31.7 Å². The quantitative estimate of drug-likeness (QED) is 0.670. The zero-order valence-corrected chi connectivity index (χ0v) is 17.4. The van der Waals surface area contributed by atoms with Crippen LogP contribution in [-0.4, -0.2) is 64.1 Å². The molecule has 7 nitrogen and oxygen atoms in total. The van der Waals surface area contributed by atoms with Gasteiger partial charge in [-0.25, -0.2) is 0 Å². The number of hydrogen-bond acceptors (Lipinski definition) is 5. The molecule has 0 bridgehead atoms. The van der Waals surface area contributed by atoms with Crippen LogP contribution in [0.15, 0.2) is 47.6 Å². The van der Waals surface area contributed by atoms with Crippen molar-refractivity contribution in [3.63, 3.8) is 0 Å². The number of hydrogen-bond donors (Lipinski definition) is 2. The van der Waals surface area contributed by atoms with Crippen LogP contribution in [0.2, 0.25) is 5.02 Å². The average Bonchev–Trinajstić information content (AvgIpc) is 2.73. The lowest BCUT2D eigenvalue weighted by molar-refractivity contribution is -0.884. The Morgan fingerprint density at radius 2 is 2.00 bits per heavy atom. The number of carbonyl (C=O) groups is 1. The van der Waals surface area contributed by atoms with Crippen LogP contribution in [0.1, 0.15) is 5.56 Å². The van der Waals surface area contributed by atoms with Crippen LogP contribution in [0.25, 0.3) is 0 Å². The highest BCUT2D eigenvalue weighted by atomic mass is 35.5. The Balaban J connectivity index is 1.57. The van der Waals surface area contributed by atoms with Crippen molar-refractivity contribution < 1.29 is 19.2 Å². The van der Waals surface area contributed by atoms with E-state index in [9.17, 15) is 4.79 Å². The normalized spacial score (nSPS) is 14.8. The third-order valence-electron chi connectivity index (χ3n) is 4.66. The van der Waals surface area contributed by atoms with Crippen molar-refractivity contribution in [3.8, 4) is 11.5 Å². The minimum absolute atomic E-state index is 0.154. The predicted octanol–water partition coefficient (Wildman–Crippen LogP) is 1.53. The first-order valence-electron chi connectivity index (χ1n) is 9.50. The van der Waals surface area contributed by atoms with Crippen molar-refractivity contribution in [1.29, 1.82) is 0 Å². The van der Waals surface area contributed by atoms with Gasteiger partial charge >= 0.3 is 0 Å². The molecule has 1 heterocycles. The number of para-hydroxylation sites is 1. The molecule has 1 amide bonds. The van der Waals surface area contributed by atoms with E-state index in [4.69, 9.17) is 21.1 Å². The predicted molar refractivity (Wildman–Crippen MR) is 114 cm³/mol. The number of amides is 1. The number of piperazine rings is 1. The molecule has 0 radical (unpaired) electrons. The lowest BCUT2D eigenvalue weighted by atomic mass is 10.2. The highest BCUT2D eigenvalue weighted by Gasteiger charge is 2.14. The number of quaternary nitrogens is 1. The van der Waals surface area contributed by atoms with Crippen LogP contribution in [-0.2, 0) is 4.79 Å². The molecule has 1 fully saturated rings. The molecule has 0 saturated carbocycles. The molecule has 1 aliphatic rings. The molecule has 2 aromatic carbocycles. The van der Waals surface area contributed by atoms with Crippen molar-refractivity contribution in [2.24, 2.45) is 5.10 Å². The molecule has 0 unspecified atom stereocenters. The maximum Gasteiger partial charge on any atom is 0.262 e. The topological polar surface area (TPSA) is 67.6 Å². The fourth-order valence-electron chi connectivity index (χ4n) is 2.92. The van der Waals surface area contributed by atoms with Gasteiger partial charge in [-0.3, -0.25) is 9.80 Å². The van der Waals surface area contributed by atoms with E-state index in [0.29, 0.717) is 22.2 Å². The summed E-state index contributed by atoms with van der Waals surface area (Å²) >= 11 is 6.05. The van der Waals surface area contributed by atoms with Crippen LogP contribution in [0.4, 0.5) is 5.69 Å². The number of methoxy groups -OCH3 is 1. The lowest BCUT2D eigenvalue weighted by Gasteiger charge is -2.27. The van der Waals surface area contributed by atoms with Gasteiger partial charge < -0.3 is 19.7 Å². The second-order valence-electron chi connectivity index (χ2n) is 6.88. The van der Waals surface area contributed by atoms with Crippen LogP contribution < -0.4 is 19.7 Å². The SMILES string of the molecule is COc1cc(/C=N\N2CC[NH+](C)CC2)ccc1OCC(=O)Nc1ccccc1Cl. The average molecular weight is 418 g/mol. The van der Waals surface area contributed by atoms with Gasteiger partial charge in [0.1, 0.15) is 0 Å². The van der Waals surface area contributed by atoms with Crippen LogP contribution in [0.5, 0.6) is 11.5 Å². The summed E-state index contributed by atoms with van der Waals surface area (Å²) in [4.78, 5) is 13.7. The Bertz CT molecular complexity index is 867. The molecular weight excluding hydrogens is 392 g/mol. The molecule has 154 valence electrons. The van der Waals surface area contributed by atoms with Crippen molar-refractivity contribution in [2.45, 2.75) is 0 Å². The third kappa shape index (κ3) is 6.10. The number of benzene rings is 2. The van der Waals surface area contributed by atoms with E-state index >= 15 is 0 Å². The van der Waals surface area contributed by atoms with Crippen molar-refractivity contribution in [1.82, 2.24) is 5.01 Å². The van der Waals surface area contributed by atoms with Gasteiger partial charge in [-0.2, -0.15) is 5.10 Å². The number of nitrogens with one attached hydrogen (secondary N) is 2. The second kappa shape index (κ2) is 10.1. The largest absolute Gasteiger partial charge is 0.493 e. The van der Waals surface area contributed by atoms with Gasteiger partial charge in [-0.1, -0.05) is 23.7 Å². The minimum Gasteiger partial charge on any atom is -0.493 e.